The van der Waals surface area contributed by atoms with Crippen LogP contribution in [0.5, 0.6) is 0 Å². The van der Waals surface area contributed by atoms with Gasteiger partial charge in [-0.15, -0.1) is 0 Å². The largest absolute Gasteiger partial charge is 0.397 e. The van der Waals surface area contributed by atoms with Gasteiger partial charge in [0.1, 0.15) is 0 Å². The Morgan fingerprint density at radius 1 is 1.44 bits per heavy atom. The molecule has 0 radical (unpaired) electrons. The maximum atomic E-state index is 12.1. The summed E-state index contributed by atoms with van der Waals surface area (Å²) in [5.41, 5.74) is 7.27. The Morgan fingerprint density at radius 3 is 2.62 bits per heavy atom. The van der Waals surface area contributed by atoms with Crippen LogP contribution in [0.25, 0.3) is 0 Å². The molecular weight excluding hydrogens is 200 g/mol. The molecule has 1 unspecified atom stereocenters. The maximum absolute atomic E-state index is 12.1. The summed E-state index contributed by atoms with van der Waals surface area (Å²) in [4.78, 5) is 13.7. The zero-order valence-corrected chi connectivity index (χ0v) is 10.2. The fourth-order valence-corrected chi connectivity index (χ4v) is 1.80. The Balaban J connectivity index is 2.82. The Kier molecular flexibility index (Phi) is 4.35. The van der Waals surface area contributed by atoms with Crippen molar-refractivity contribution in [3.05, 3.63) is 24.3 Å². The SMILES string of the molecule is CCCC(C)C(=O)N(C)c1ccccc1N. The molecule has 0 aliphatic heterocycles. The number of carbonyl (C=O) groups excluding carboxylic acids is 1. The van der Waals surface area contributed by atoms with Crippen molar-refractivity contribution in [3.63, 3.8) is 0 Å². The molecule has 2 N–H and O–H groups in total. The van der Waals surface area contributed by atoms with E-state index in [1.54, 1.807) is 11.9 Å². The van der Waals surface area contributed by atoms with Crippen LogP contribution >= 0.6 is 0 Å². The minimum atomic E-state index is 0.0506. The first-order valence-electron chi connectivity index (χ1n) is 5.70. The third-order valence-electron chi connectivity index (χ3n) is 2.77. The van der Waals surface area contributed by atoms with Crippen LogP contribution in [-0.4, -0.2) is 13.0 Å². The lowest BCUT2D eigenvalue weighted by molar-refractivity contribution is -0.121. The van der Waals surface area contributed by atoms with Gasteiger partial charge in [-0.1, -0.05) is 32.4 Å². The van der Waals surface area contributed by atoms with Gasteiger partial charge in [0, 0.05) is 13.0 Å². The minimum absolute atomic E-state index is 0.0506. The molecule has 1 amide bonds. The van der Waals surface area contributed by atoms with E-state index in [0.717, 1.165) is 18.5 Å². The summed E-state index contributed by atoms with van der Waals surface area (Å²) in [5, 5.41) is 0. The van der Waals surface area contributed by atoms with Crippen LogP contribution < -0.4 is 10.6 Å². The standard InChI is InChI=1S/C13H20N2O/c1-4-7-10(2)13(16)15(3)12-9-6-5-8-11(12)14/h5-6,8-10H,4,7,14H2,1-3H3. The molecule has 1 atom stereocenters. The molecule has 0 heterocycles. The van der Waals surface area contributed by atoms with Crippen LogP contribution in [0.15, 0.2) is 24.3 Å². The molecule has 3 heteroatoms. The number of rotatable bonds is 4. The number of nitrogen functional groups attached to an aromatic ring is 1. The van der Waals surface area contributed by atoms with E-state index in [1.165, 1.54) is 0 Å². The number of carbonyl (C=O) groups is 1. The van der Waals surface area contributed by atoms with Crippen molar-refractivity contribution in [2.24, 2.45) is 5.92 Å². The second kappa shape index (κ2) is 5.54. The smallest absolute Gasteiger partial charge is 0.229 e. The van der Waals surface area contributed by atoms with Crippen LogP contribution in [0.1, 0.15) is 26.7 Å². The highest BCUT2D eigenvalue weighted by molar-refractivity contribution is 5.96. The molecule has 1 aromatic rings. The van der Waals surface area contributed by atoms with Crippen molar-refractivity contribution < 1.29 is 4.79 Å². The first kappa shape index (κ1) is 12.6. The zero-order chi connectivity index (χ0) is 12.1. The van der Waals surface area contributed by atoms with E-state index >= 15 is 0 Å². The molecule has 0 fully saturated rings. The van der Waals surface area contributed by atoms with Crippen molar-refractivity contribution in [2.45, 2.75) is 26.7 Å². The molecule has 0 bridgehead atoms. The van der Waals surface area contributed by atoms with Gasteiger partial charge in [0.15, 0.2) is 0 Å². The topological polar surface area (TPSA) is 46.3 Å². The van der Waals surface area contributed by atoms with Gasteiger partial charge < -0.3 is 10.6 Å². The molecule has 0 aromatic heterocycles. The van der Waals surface area contributed by atoms with Crippen LogP contribution in [-0.2, 0) is 4.79 Å². The summed E-state index contributed by atoms with van der Waals surface area (Å²) in [7, 11) is 1.78. The highest BCUT2D eigenvalue weighted by Crippen LogP contribution is 2.23. The first-order valence-corrected chi connectivity index (χ1v) is 5.70. The highest BCUT2D eigenvalue weighted by Gasteiger charge is 2.18. The molecule has 16 heavy (non-hydrogen) atoms. The number of anilines is 2. The third-order valence-corrected chi connectivity index (χ3v) is 2.77. The second-order valence-electron chi connectivity index (χ2n) is 4.15. The monoisotopic (exact) mass is 220 g/mol. The van der Waals surface area contributed by atoms with E-state index in [-0.39, 0.29) is 11.8 Å². The summed E-state index contributed by atoms with van der Waals surface area (Å²) in [6.07, 6.45) is 1.93. The number of amides is 1. The third kappa shape index (κ3) is 2.75. The van der Waals surface area contributed by atoms with Gasteiger partial charge in [-0.25, -0.2) is 0 Å². The summed E-state index contributed by atoms with van der Waals surface area (Å²) in [6, 6.07) is 7.43. The predicted octanol–water partition coefficient (Wildman–Crippen LogP) is 2.67. The van der Waals surface area contributed by atoms with Crippen molar-refractivity contribution in [2.75, 3.05) is 17.7 Å². The van der Waals surface area contributed by atoms with Gasteiger partial charge in [0.05, 0.1) is 11.4 Å². The quantitative estimate of drug-likeness (QED) is 0.793. The van der Waals surface area contributed by atoms with Gasteiger partial charge in [0.25, 0.3) is 0 Å². The van der Waals surface area contributed by atoms with Gasteiger partial charge in [-0.3, -0.25) is 4.79 Å². The van der Waals surface area contributed by atoms with E-state index in [2.05, 4.69) is 6.92 Å². The molecule has 0 aliphatic carbocycles. The number of nitrogens with two attached hydrogens (primary N) is 1. The average molecular weight is 220 g/mol. The number of hydrogen-bond donors (Lipinski definition) is 1. The fourth-order valence-electron chi connectivity index (χ4n) is 1.80. The number of para-hydroxylation sites is 2. The Hall–Kier alpha value is -1.51. The van der Waals surface area contributed by atoms with Crippen LogP contribution in [0.2, 0.25) is 0 Å². The number of nitrogens with zero attached hydrogens (tertiary/aromatic N) is 1. The molecule has 88 valence electrons. The van der Waals surface area contributed by atoms with Crippen molar-refractivity contribution in [1.29, 1.82) is 0 Å². The van der Waals surface area contributed by atoms with Crippen LogP contribution in [0.3, 0.4) is 0 Å². The highest BCUT2D eigenvalue weighted by atomic mass is 16.2. The average Bonchev–Trinajstić information content (AvgIpc) is 2.28. The zero-order valence-electron chi connectivity index (χ0n) is 10.2. The molecule has 0 spiro atoms. The lowest BCUT2D eigenvalue weighted by Gasteiger charge is -2.22. The van der Waals surface area contributed by atoms with E-state index in [9.17, 15) is 4.79 Å². The van der Waals surface area contributed by atoms with Crippen LogP contribution in [0.4, 0.5) is 11.4 Å². The van der Waals surface area contributed by atoms with Gasteiger partial charge in [0.2, 0.25) is 5.91 Å². The van der Waals surface area contributed by atoms with Crippen molar-refractivity contribution >= 4 is 17.3 Å². The minimum Gasteiger partial charge on any atom is -0.397 e. The summed E-state index contributed by atoms with van der Waals surface area (Å²) < 4.78 is 0. The molecule has 0 saturated heterocycles. The molecule has 3 nitrogen and oxygen atoms in total. The maximum Gasteiger partial charge on any atom is 0.229 e. The van der Waals surface area contributed by atoms with Gasteiger partial charge in [-0.2, -0.15) is 0 Å². The van der Waals surface area contributed by atoms with E-state index in [4.69, 9.17) is 5.73 Å². The van der Waals surface area contributed by atoms with Crippen molar-refractivity contribution in [3.8, 4) is 0 Å². The van der Waals surface area contributed by atoms with Crippen LogP contribution in [0, 0.1) is 5.92 Å². The fraction of sp³-hybridized carbons (Fsp3) is 0.462. The molecule has 1 aromatic carbocycles. The summed E-state index contributed by atoms with van der Waals surface area (Å²) in [5.74, 6) is 0.175. The molecule has 0 saturated carbocycles. The van der Waals surface area contributed by atoms with Crippen molar-refractivity contribution in [1.82, 2.24) is 0 Å². The lowest BCUT2D eigenvalue weighted by Crippen LogP contribution is -2.32. The molecule has 0 aliphatic rings. The van der Waals surface area contributed by atoms with Gasteiger partial charge in [-0.05, 0) is 18.6 Å². The summed E-state index contributed by atoms with van der Waals surface area (Å²) >= 11 is 0. The predicted molar refractivity (Wildman–Crippen MR) is 68.3 cm³/mol. The Bertz CT molecular complexity index is 363. The Labute approximate surface area is 97.2 Å². The molecular formula is C13H20N2O. The lowest BCUT2D eigenvalue weighted by atomic mass is 10.0. The number of hydrogen-bond acceptors (Lipinski definition) is 2. The number of benzene rings is 1. The normalized spacial score (nSPS) is 12.2. The molecule has 1 rings (SSSR count). The summed E-state index contributed by atoms with van der Waals surface area (Å²) in [6.45, 7) is 4.04. The second-order valence-corrected chi connectivity index (χ2v) is 4.15. The van der Waals surface area contributed by atoms with E-state index in [0.29, 0.717) is 5.69 Å². The Morgan fingerprint density at radius 2 is 2.06 bits per heavy atom. The van der Waals surface area contributed by atoms with E-state index in [1.807, 2.05) is 31.2 Å². The van der Waals surface area contributed by atoms with Gasteiger partial charge >= 0.3 is 0 Å². The van der Waals surface area contributed by atoms with E-state index < -0.39 is 0 Å². The first-order chi connectivity index (χ1) is 7.57.